The number of nitrogens with zero attached hydrogens (tertiary/aromatic N) is 3. The van der Waals surface area contributed by atoms with Crippen molar-refractivity contribution < 1.29 is 4.79 Å². The number of anilines is 1. The fraction of sp³-hybridized carbons (Fsp3) is 0.200. The van der Waals surface area contributed by atoms with Gasteiger partial charge in [0.25, 0.3) is 0 Å². The van der Waals surface area contributed by atoms with Crippen molar-refractivity contribution in [3.63, 3.8) is 0 Å². The van der Waals surface area contributed by atoms with Gasteiger partial charge in [0.2, 0.25) is 11.1 Å². The molecular formula is C15H15N5OS2. The lowest BCUT2D eigenvalue weighted by atomic mass is 10.2. The number of carbonyl (C=O) groups is 1. The van der Waals surface area contributed by atoms with Gasteiger partial charge in [-0.3, -0.25) is 9.89 Å². The van der Waals surface area contributed by atoms with Gasteiger partial charge in [-0.15, -0.1) is 16.4 Å². The Kier molecular flexibility index (Phi) is 5.04. The van der Waals surface area contributed by atoms with Gasteiger partial charge in [0, 0.05) is 17.4 Å². The second-order valence-corrected chi connectivity index (χ2v) is 6.46. The van der Waals surface area contributed by atoms with E-state index in [9.17, 15) is 4.79 Å². The molecule has 2 aromatic heterocycles. The van der Waals surface area contributed by atoms with E-state index >= 15 is 0 Å². The van der Waals surface area contributed by atoms with E-state index in [1.165, 1.54) is 23.1 Å². The molecule has 0 atom stereocenters. The van der Waals surface area contributed by atoms with Crippen molar-refractivity contribution in [2.45, 2.75) is 18.5 Å². The van der Waals surface area contributed by atoms with Crippen molar-refractivity contribution in [1.82, 2.24) is 20.2 Å². The minimum absolute atomic E-state index is 0.119. The number of amides is 1. The molecule has 2 heterocycles. The minimum Gasteiger partial charge on any atom is -0.301 e. The largest absolute Gasteiger partial charge is 0.301 e. The number of benzene rings is 1. The summed E-state index contributed by atoms with van der Waals surface area (Å²) in [5, 5.41) is 12.8. The summed E-state index contributed by atoms with van der Waals surface area (Å²) in [6, 6.07) is 9.87. The number of aromatic nitrogens is 4. The second-order valence-electron chi connectivity index (χ2n) is 4.66. The molecule has 0 saturated heterocycles. The lowest BCUT2D eigenvalue weighted by Crippen LogP contribution is -2.13. The summed E-state index contributed by atoms with van der Waals surface area (Å²) in [6.45, 7) is 1.99. The van der Waals surface area contributed by atoms with Crippen LogP contribution in [0.3, 0.4) is 0 Å². The van der Waals surface area contributed by atoms with Gasteiger partial charge in [-0.1, -0.05) is 49.0 Å². The maximum absolute atomic E-state index is 12.0. The average molecular weight is 345 g/mol. The summed E-state index contributed by atoms with van der Waals surface area (Å²) in [5.41, 5.74) is 1.89. The fourth-order valence-electron chi connectivity index (χ4n) is 1.86. The number of hydrogen-bond acceptors (Lipinski definition) is 6. The molecule has 0 radical (unpaired) electrons. The summed E-state index contributed by atoms with van der Waals surface area (Å²) >= 11 is 2.71. The number of carbonyl (C=O) groups excluding carboxylic acids is 1. The first-order chi connectivity index (χ1) is 11.2. The molecule has 0 saturated carbocycles. The molecule has 8 heteroatoms. The number of H-pyrrole nitrogens is 1. The molecule has 0 bridgehead atoms. The lowest BCUT2D eigenvalue weighted by Gasteiger charge is -1.99. The topological polar surface area (TPSA) is 83.6 Å². The van der Waals surface area contributed by atoms with E-state index in [1.54, 1.807) is 0 Å². The highest BCUT2D eigenvalue weighted by molar-refractivity contribution is 7.99. The molecule has 0 unspecified atom stereocenters. The van der Waals surface area contributed by atoms with Gasteiger partial charge in [0.15, 0.2) is 5.13 Å². The quantitative estimate of drug-likeness (QED) is 0.670. The number of aromatic amines is 1. The van der Waals surface area contributed by atoms with E-state index in [1.807, 2.05) is 42.6 Å². The highest BCUT2D eigenvalue weighted by Gasteiger charge is 2.10. The zero-order chi connectivity index (χ0) is 16.1. The van der Waals surface area contributed by atoms with Crippen LogP contribution in [-0.4, -0.2) is 31.8 Å². The van der Waals surface area contributed by atoms with Crippen LogP contribution in [-0.2, 0) is 11.2 Å². The van der Waals surface area contributed by atoms with Gasteiger partial charge in [-0.2, -0.15) is 0 Å². The third kappa shape index (κ3) is 4.17. The van der Waals surface area contributed by atoms with E-state index in [-0.39, 0.29) is 11.7 Å². The Hall–Kier alpha value is -2.19. The zero-order valence-corrected chi connectivity index (χ0v) is 14.1. The van der Waals surface area contributed by atoms with Crippen LogP contribution in [0.2, 0.25) is 0 Å². The van der Waals surface area contributed by atoms with E-state index in [0.29, 0.717) is 10.3 Å². The molecule has 3 rings (SSSR count). The van der Waals surface area contributed by atoms with Crippen molar-refractivity contribution in [2.75, 3.05) is 11.1 Å². The number of rotatable bonds is 6. The molecule has 3 aromatic rings. The van der Waals surface area contributed by atoms with E-state index in [2.05, 4.69) is 25.5 Å². The van der Waals surface area contributed by atoms with Crippen LogP contribution >= 0.6 is 23.1 Å². The van der Waals surface area contributed by atoms with Crippen LogP contribution < -0.4 is 5.32 Å². The molecule has 0 aliphatic rings. The van der Waals surface area contributed by atoms with Crippen molar-refractivity contribution in [3.05, 3.63) is 41.5 Å². The maximum Gasteiger partial charge on any atom is 0.236 e. The Labute approximate surface area is 141 Å². The van der Waals surface area contributed by atoms with Gasteiger partial charge < -0.3 is 5.32 Å². The van der Waals surface area contributed by atoms with E-state index in [0.717, 1.165) is 23.5 Å². The number of aryl methyl sites for hydroxylation is 1. The average Bonchev–Trinajstić information content (AvgIpc) is 3.23. The maximum atomic E-state index is 12.0. The predicted octanol–water partition coefficient (Wildman–Crippen LogP) is 3.22. The highest BCUT2D eigenvalue weighted by atomic mass is 32.2. The first-order valence-electron chi connectivity index (χ1n) is 7.09. The number of hydrogen-bond donors (Lipinski definition) is 2. The molecule has 23 heavy (non-hydrogen) atoms. The van der Waals surface area contributed by atoms with Gasteiger partial charge in [-0.05, 0) is 0 Å². The number of nitrogens with one attached hydrogen (secondary N) is 2. The summed E-state index contributed by atoms with van der Waals surface area (Å²) in [7, 11) is 0. The Morgan fingerprint density at radius 3 is 2.87 bits per heavy atom. The molecule has 0 fully saturated rings. The Bertz CT molecular complexity index is 784. The summed E-state index contributed by atoms with van der Waals surface area (Å²) in [5.74, 6) is 0.952. The van der Waals surface area contributed by atoms with Crippen LogP contribution in [0, 0.1) is 0 Å². The van der Waals surface area contributed by atoms with Crippen molar-refractivity contribution in [2.24, 2.45) is 0 Å². The zero-order valence-electron chi connectivity index (χ0n) is 12.4. The van der Waals surface area contributed by atoms with Crippen LogP contribution in [0.15, 0.2) is 40.9 Å². The fourth-order valence-corrected chi connectivity index (χ4v) is 3.21. The molecule has 6 nitrogen and oxygen atoms in total. The molecule has 0 aliphatic carbocycles. The smallest absolute Gasteiger partial charge is 0.236 e. The Balaban J connectivity index is 1.55. The third-order valence-electron chi connectivity index (χ3n) is 3.00. The van der Waals surface area contributed by atoms with E-state index < -0.39 is 0 Å². The molecular weight excluding hydrogens is 330 g/mol. The molecule has 2 N–H and O–H groups in total. The summed E-state index contributed by atoms with van der Waals surface area (Å²) < 4.78 is 0. The first kappa shape index (κ1) is 15.7. The summed E-state index contributed by atoms with van der Waals surface area (Å²) in [4.78, 5) is 20.7. The van der Waals surface area contributed by atoms with Crippen LogP contribution in [0.4, 0.5) is 5.13 Å². The monoisotopic (exact) mass is 345 g/mol. The van der Waals surface area contributed by atoms with Gasteiger partial charge in [-0.25, -0.2) is 9.97 Å². The minimum atomic E-state index is -0.119. The Morgan fingerprint density at radius 1 is 1.30 bits per heavy atom. The summed E-state index contributed by atoms with van der Waals surface area (Å²) in [6.07, 6.45) is 0.793. The van der Waals surface area contributed by atoms with Crippen molar-refractivity contribution in [3.8, 4) is 11.3 Å². The van der Waals surface area contributed by atoms with Crippen molar-refractivity contribution >= 4 is 34.1 Å². The Morgan fingerprint density at radius 2 is 2.13 bits per heavy atom. The van der Waals surface area contributed by atoms with Gasteiger partial charge in [0.05, 0.1) is 11.4 Å². The molecule has 1 amide bonds. The highest BCUT2D eigenvalue weighted by Crippen LogP contribution is 2.24. The van der Waals surface area contributed by atoms with E-state index in [4.69, 9.17) is 0 Å². The van der Waals surface area contributed by atoms with Crippen molar-refractivity contribution in [1.29, 1.82) is 0 Å². The first-order valence-corrected chi connectivity index (χ1v) is 8.96. The van der Waals surface area contributed by atoms with Gasteiger partial charge in [0.1, 0.15) is 5.82 Å². The molecule has 0 spiro atoms. The van der Waals surface area contributed by atoms with Crippen LogP contribution in [0.25, 0.3) is 11.3 Å². The number of thioether (sulfide) groups is 1. The molecule has 0 aliphatic heterocycles. The molecule has 1 aromatic carbocycles. The lowest BCUT2D eigenvalue weighted by molar-refractivity contribution is -0.113. The molecule has 118 valence electrons. The van der Waals surface area contributed by atoms with Crippen LogP contribution in [0.1, 0.15) is 12.7 Å². The normalized spacial score (nSPS) is 10.7. The van der Waals surface area contributed by atoms with Crippen LogP contribution in [0.5, 0.6) is 0 Å². The second kappa shape index (κ2) is 7.38. The predicted molar refractivity (Wildman–Crippen MR) is 92.7 cm³/mol. The van der Waals surface area contributed by atoms with Gasteiger partial charge >= 0.3 is 0 Å². The number of thiazole rings is 1. The SMILES string of the molecule is CCc1nc(SCC(=O)Nc2nc(-c3ccccc3)cs2)n[nH]1. The standard InChI is InChI=1S/C15H15N5OS2/c1-2-12-17-15(20-19-12)23-9-13(21)18-14-16-11(8-22-14)10-6-4-3-5-7-10/h3-8H,2,9H2,1H3,(H,16,18,21)(H,17,19,20). The third-order valence-corrected chi connectivity index (χ3v) is 4.60.